The van der Waals surface area contributed by atoms with Gasteiger partial charge in [0.1, 0.15) is 0 Å². The van der Waals surface area contributed by atoms with Crippen molar-refractivity contribution in [3.8, 4) is 0 Å². The van der Waals surface area contributed by atoms with Gasteiger partial charge in [-0.05, 0) is 38.4 Å². The fourth-order valence-electron chi connectivity index (χ4n) is 1.72. The Bertz CT molecular complexity index is 150. The number of piperidine rings is 1. The lowest BCUT2D eigenvalue weighted by molar-refractivity contribution is 0.124. The van der Waals surface area contributed by atoms with Crippen molar-refractivity contribution >= 4 is 24.8 Å². The van der Waals surface area contributed by atoms with E-state index in [2.05, 4.69) is 24.5 Å². The predicted molar refractivity (Wildman–Crippen MR) is 69.3 cm³/mol. The van der Waals surface area contributed by atoms with Gasteiger partial charge in [0.15, 0.2) is 0 Å². The highest BCUT2D eigenvalue weighted by Gasteiger charge is 2.30. The fourth-order valence-corrected chi connectivity index (χ4v) is 1.72. The van der Waals surface area contributed by atoms with E-state index in [1.807, 2.05) is 0 Å². The van der Waals surface area contributed by atoms with Crippen LogP contribution in [0.15, 0.2) is 0 Å². The maximum Gasteiger partial charge on any atom is 0.0614 e. The van der Waals surface area contributed by atoms with Gasteiger partial charge >= 0.3 is 0 Å². The van der Waals surface area contributed by atoms with Gasteiger partial charge in [-0.3, -0.25) is 0 Å². The number of aliphatic hydroxyl groups excluding tert-OH is 1. The third-order valence-electron chi connectivity index (χ3n) is 2.75. The minimum Gasteiger partial charge on any atom is -0.394 e. The van der Waals surface area contributed by atoms with Crippen molar-refractivity contribution in [2.24, 2.45) is 5.92 Å². The molecular weight excluding hydrogens is 235 g/mol. The molecule has 1 rings (SSSR count). The van der Waals surface area contributed by atoms with E-state index in [0.717, 1.165) is 32.5 Å². The average molecular weight is 259 g/mol. The molecule has 0 spiro atoms. The quantitative estimate of drug-likeness (QED) is 0.710. The van der Waals surface area contributed by atoms with Crippen LogP contribution in [-0.2, 0) is 0 Å². The lowest BCUT2D eigenvalue weighted by Crippen LogP contribution is -2.55. The topological polar surface area (TPSA) is 44.3 Å². The minimum atomic E-state index is -0.00444. The second-order valence-corrected chi connectivity index (χ2v) is 4.46. The van der Waals surface area contributed by atoms with Gasteiger partial charge in [-0.15, -0.1) is 24.8 Å². The summed E-state index contributed by atoms with van der Waals surface area (Å²) in [5.74, 6) is 0.651. The number of nitrogens with one attached hydrogen (secondary N) is 2. The van der Waals surface area contributed by atoms with Gasteiger partial charge in [-0.2, -0.15) is 0 Å². The van der Waals surface area contributed by atoms with Gasteiger partial charge < -0.3 is 15.7 Å². The predicted octanol–water partition coefficient (Wildman–Crippen LogP) is 1.19. The van der Waals surface area contributed by atoms with Crippen molar-refractivity contribution in [2.45, 2.75) is 32.2 Å². The van der Waals surface area contributed by atoms with E-state index in [0.29, 0.717) is 5.92 Å². The standard InChI is InChI=1S/C10H22N2O.2ClH/c1-9(2)7-12-10(8-13)3-5-11-6-4-10;;/h9,11-13H,3-8H2,1-2H3;2*1H. The molecule has 0 amide bonds. The normalized spacial score (nSPS) is 19.2. The van der Waals surface area contributed by atoms with Crippen molar-refractivity contribution in [1.29, 1.82) is 0 Å². The third kappa shape index (κ3) is 5.93. The fraction of sp³-hybridized carbons (Fsp3) is 1.00. The Morgan fingerprint density at radius 2 is 1.80 bits per heavy atom. The number of halogens is 2. The highest BCUT2D eigenvalue weighted by Crippen LogP contribution is 2.17. The van der Waals surface area contributed by atoms with E-state index in [9.17, 15) is 5.11 Å². The van der Waals surface area contributed by atoms with Crippen LogP contribution in [0.25, 0.3) is 0 Å². The first-order chi connectivity index (χ1) is 6.18. The van der Waals surface area contributed by atoms with E-state index in [1.165, 1.54) is 0 Å². The Hall–Kier alpha value is 0.460. The van der Waals surface area contributed by atoms with E-state index in [4.69, 9.17) is 0 Å². The van der Waals surface area contributed by atoms with E-state index < -0.39 is 0 Å². The number of rotatable bonds is 4. The largest absolute Gasteiger partial charge is 0.394 e. The Balaban J connectivity index is 0. The molecule has 1 aliphatic heterocycles. The summed E-state index contributed by atoms with van der Waals surface area (Å²) in [6.07, 6.45) is 2.08. The molecule has 3 N–H and O–H groups in total. The molecule has 1 saturated heterocycles. The van der Waals surface area contributed by atoms with Crippen LogP contribution < -0.4 is 10.6 Å². The summed E-state index contributed by atoms with van der Waals surface area (Å²) < 4.78 is 0. The summed E-state index contributed by atoms with van der Waals surface area (Å²) in [4.78, 5) is 0. The zero-order valence-electron chi connectivity index (χ0n) is 9.58. The van der Waals surface area contributed by atoms with Crippen LogP contribution in [0, 0.1) is 5.92 Å². The van der Waals surface area contributed by atoms with Crippen molar-refractivity contribution in [3.63, 3.8) is 0 Å². The summed E-state index contributed by atoms with van der Waals surface area (Å²) in [7, 11) is 0. The van der Waals surface area contributed by atoms with Crippen LogP contribution in [-0.4, -0.2) is 36.9 Å². The molecule has 94 valence electrons. The maximum absolute atomic E-state index is 9.36. The molecule has 0 saturated carbocycles. The molecule has 3 nitrogen and oxygen atoms in total. The summed E-state index contributed by atoms with van der Waals surface area (Å²) in [5.41, 5.74) is -0.00444. The summed E-state index contributed by atoms with van der Waals surface area (Å²) in [6, 6.07) is 0. The SMILES string of the molecule is CC(C)CNC1(CO)CCNCC1.Cl.Cl. The van der Waals surface area contributed by atoms with Gasteiger partial charge in [0, 0.05) is 5.54 Å². The Morgan fingerprint density at radius 1 is 1.27 bits per heavy atom. The molecule has 0 bridgehead atoms. The number of hydrogen-bond acceptors (Lipinski definition) is 3. The summed E-state index contributed by atoms with van der Waals surface area (Å²) in [5, 5.41) is 16.2. The third-order valence-corrected chi connectivity index (χ3v) is 2.75. The van der Waals surface area contributed by atoms with Crippen LogP contribution in [0.1, 0.15) is 26.7 Å². The van der Waals surface area contributed by atoms with Gasteiger partial charge in [-0.1, -0.05) is 13.8 Å². The van der Waals surface area contributed by atoms with Crippen LogP contribution in [0.4, 0.5) is 0 Å². The van der Waals surface area contributed by atoms with Crippen molar-refractivity contribution in [2.75, 3.05) is 26.2 Å². The van der Waals surface area contributed by atoms with Crippen molar-refractivity contribution in [1.82, 2.24) is 10.6 Å². The molecule has 5 heteroatoms. The molecule has 1 fully saturated rings. The highest BCUT2D eigenvalue weighted by molar-refractivity contribution is 5.85. The molecule has 0 unspecified atom stereocenters. The monoisotopic (exact) mass is 258 g/mol. The molecule has 0 atom stereocenters. The van der Waals surface area contributed by atoms with Crippen LogP contribution in [0.2, 0.25) is 0 Å². The van der Waals surface area contributed by atoms with Crippen LogP contribution in [0.3, 0.4) is 0 Å². The van der Waals surface area contributed by atoms with Crippen molar-refractivity contribution < 1.29 is 5.11 Å². The van der Waals surface area contributed by atoms with E-state index >= 15 is 0 Å². The zero-order valence-corrected chi connectivity index (χ0v) is 11.2. The second kappa shape index (κ2) is 8.59. The summed E-state index contributed by atoms with van der Waals surface area (Å²) in [6.45, 7) is 7.69. The van der Waals surface area contributed by atoms with Crippen LogP contribution in [0.5, 0.6) is 0 Å². The number of aliphatic hydroxyl groups is 1. The summed E-state index contributed by atoms with van der Waals surface area (Å²) >= 11 is 0. The Labute approximate surface area is 105 Å². The lowest BCUT2D eigenvalue weighted by Gasteiger charge is -2.37. The molecule has 0 aliphatic carbocycles. The van der Waals surface area contributed by atoms with Gasteiger partial charge in [-0.25, -0.2) is 0 Å². The molecule has 1 aliphatic rings. The van der Waals surface area contributed by atoms with E-state index in [1.54, 1.807) is 0 Å². The Morgan fingerprint density at radius 3 is 2.20 bits per heavy atom. The molecule has 0 aromatic heterocycles. The first-order valence-corrected chi connectivity index (χ1v) is 5.25. The maximum atomic E-state index is 9.36. The molecule has 1 heterocycles. The Kier molecular flexibility index (Phi) is 10.2. The minimum absolute atomic E-state index is 0. The molecular formula is C10H24Cl2N2O. The first kappa shape index (κ1) is 17.8. The van der Waals surface area contributed by atoms with Gasteiger partial charge in [0.2, 0.25) is 0 Å². The second-order valence-electron chi connectivity index (χ2n) is 4.46. The molecule has 0 aromatic carbocycles. The van der Waals surface area contributed by atoms with Gasteiger partial charge in [0.25, 0.3) is 0 Å². The molecule has 0 radical (unpaired) electrons. The zero-order chi connectivity index (χ0) is 9.73. The first-order valence-electron chi connectivity index (χ1n) is 5.25. The van der Waals surface area contributed by atoms with E-state index in [-0.39, 0.29) is 37.0 Å². The molecule has 0 aromatic rings. The highest BCUT2D eigenvalue weighted by atomic mass is 35.5. The number of hydrogen-bond donors (Lipinski definition) is 3. The lowest BCUT2D eigenvalue weighted by atomic mass is 9.89. The van der Waals surface area contributed by atoms with Gasteiger partial charge in [0.05, 0.1) is 6.61 Å². The molecule has 15 heavy (non-hydrogen) atoms. The average Bonchev–Trinajstić information content (AvgIpc) is 2.16. The smallest absolute Gasteiger partial charge is 0.0614 e. The van der Waals surface area contributed by atoms with Crippen LogP contribution >= 0.6 is 24.8 Å². The van der Waals surface area contributed by atoms with Crippen molar-refractivity contribution in [3.05, 3.63) is 0 Å².